The van der Waals surface area contributed by atoms with Crippen LogP contribution in [-0.2, 0) is 7.05 Å². The number of nitrogens with zero attached hydrogens (tertiary/aromatic N) is 4. The van der Waals surface area contributed by atoms with Crippen LogP contribution >= 0.6 is 0 Å². The lowest BCUT2D eigenvalue weighted by Crippen LogP contribution is -2.09. The molecule has 0 spiro atoms. The smallest absolute Gasteiger partial charge is 0.268 e. The van der Waals surface area contributed by atoms with E-state index in [-0.39, 0.29) is 5.56 Å². The topological polar surface area (TPSA) is 87.4 Å². The molecule has 2 aromatic carbocycles. The van der Waals surface area contributed by atoms with Crippen LogP contribution in [0.3, 0.4) is 0 Å². The third kappa shape index (κ3) is 3.34. The van der Waals surface area contributed by atoms with E-state index in [1.807, 2.05) is 63.4 Å². The van der Waals surface area contributed by atoms with E-state index in [0.717, 1.165) is 39.0 Å². The van der Waals surface area contributed by atoms with E-state index in [9.17, 15) is 10.1 Å². The van der Waals surface area contributed by atoms with Crippen LogP contribution in [0.4, 0.5) is 0 Å². The van der Waals surface area contributed by atoms with E-state index >= 15 is 0 Å². The first-order chi connectivity index (χ1) is 14.0. The molecule has 0 saturated carbocycles. The number of rotatable bonds is 3. The highest BCUT2D eigenvalue weighted by Gasteiger charge is 2.13. The Morgan fingerprint density at radius 2 is 1.90 bits per heavy atom. The van der Waals surface area contributed by atoms with E-state index in [4.69, 9.17) is 0 Å². The number of fused-ring (bicyclic) bond motifs is 1. The minimum Gasteiger partial charge on any atom is -0.268 e. The summed E-state index contributed by atoms with van der Waals surface area (Å²) < 4.78 is 1.74. The fourth-order valence-corrected chi connectivity index (χ4v) is 3.35. The lowest BCUT2D eigenvalue weighted by molar-refractivity contribution is 0.760. The molecule has 0 amide bonds. The van der Waals surface area contributed by atoms with Gasteiger partial charge in [-0.3, -0.25) is 9.48 Å². The van der Waals surface area contributed by atoms with Crippen molar-refractivity contribution >= 4 is 22.4 Å². The largest absolute Gasteiger partial charge is 0.272 e. The fourth-order valence-electron chi connectivity index (χ4n) is 3.35. The normalized spacial score (nSPS) is 11.6. The van der Waals surface area contributed by atoms with Crippen molar-refractivity contribution in [3.8, 4) is 17.2 Å². The highest BCUT2D eigenvalue weighted by Crippen LogP contribution is 2.29. The molecule has 142 valence electrons. The molecular formula is C23H19N5O. The van der Waals surface area contributed by atoms with Crippen LogP contribution in [0, 0.1) is 25.2 Å². The predicted molar refractivity (Wildman–Crippen MR) is 114 cm³/mol. The Kier molecular flexibility index (Phi) is 4.57. The zero-order valence-electron chi connectivity index (χ0n) is 16.4. The number of benzene rings is 2. The van der Waals surface area contributed by atoms with Crippen molar-refractivity contribution in [1.29, 1.82) is 5.26 Å². The quantitative estimate of drug-likeness (QED) is 0.543. The van der Waals surface area contributed by atoms with Crippen molar-refractivity contribution in [2.24, 2.45) is 7.05 Å². The van der Waals surface area contributed by atoms with Crippen LogP contribution in [-0.4, -0.2) is 20.0 Å². The first-order valence-electron chi connectivity index (χ1n) is 9.18. The number of allylic oxidation sites excluding steroid dienone is 1. The Balaban J connectivity index is 1.87. The van der Waals surface area contributed by atoms with Gasteiger partial charge in [0.2, 0.25) is 0 Å². The molecular weight excluding hydrogens is 362 g/mol. The monoisotopic (exact) mass is 381 g/mol. The number of aromatic nitrogens is 4. The molecule has 1 N–H and O–H groups in total. The van der Waals surface area contributed by atoms with Crippen molar-refractivity contribution in [3.63, 3.8) is 0 Å². The van der Waals surface area contributed by atoms with Gasteiger partial charge in [0, 0.05) is 18.0 Å². The molecule has 6 nitrogen and oxygen atoms in total. The second-order valence-corrected chi connectivity index (χ2v) is 7.00. The maximum Gasteiger partial charge on any atom is 0.272 e. The van der Waals surface area contributed by atoms with Gasteiger partial charge in [0.05, 0.1) is 34.6 Å². The number of aryl methyl sites for hydroxylation is 3. The molecule has 0 bridgehead atoms. The zero-order valence-corrected chi connectivity index (χ0v) is 16.4. The van der Waals surface area contributed by atoms with E-state index in [1.54, 1.807) is 16.9 Å². The number of nitriles is 1. The average Bonchev–Trinajstić information content (AvgIpc) is 3.09. The van der Waals surface area contributed by atoms with Gasteiger partial charge in [-0.1, -0.05) is 35.9 Å². The first kappa shape index (κ1) is 18.4. The third-order valence-electron chi connectivity index (χ3n) is 5.04. The molecule has 4 rings (SSSR count). The van der Waals surface area contributed by atoms with Gasteiger partial charge in [0.25, 0.3) is 5.56 Å². The third-order valence-corrected chi connectivity index (χ3v) is 5.04. The first-order valence-corrected chi connectivity index (χ1v) is 9.18. The highest BCUT2D eigenvalue weighted by molar-refractivity contribution is 5.94. The molecule has 0 aliphatic carbocycles. The minimum absolute atomic E-state index is 0.213. The highest BCUT2D eigenvalue weighted by atomic mass is 16.1. The molecule has 0 aliphatic heterocycles. The summed E-state index contributed by atoms with van der Waals surface area (Å²) in [7, 11) is 1.85. The van der Waals surface area contributed by atoms with Crippen molar-refractivity contribution in [3.05, 3.63) is 81.5 Å². The minimum atomic E-state index is -0.213. The van der Waals surface area contributed by atoms with Crippen LogP contribution in [0.2, 0.25) is 0 Å². The molecule has 2 heterocycles. The average molecular weight is 381 g/mol. The lowest BCUT2D eigenvalue weighted by atomic mass is 9.99. The van der Waals surface area contributed by atoms with Crippen LogP contribution in [0.25, 0.3) is 33.5 Å². The molecule has 0 aliphatic rings. The molecule has 2 aromatic heterocycles. The molecule has 29 heavy (non-hydrogen) atoms. The van der Waals surface area contributed by atoms with E-state index in [1.165, 1.54) is 0 Å². The zero-order chi connectivity index (χ0) is 20.5. The van der Waals surface area contributed by atoms with Gasteiger partial charge in [-0.25, -0.2) is 5.10 Å². The molecule has 0 atom stereocenters. The van der Waals surface area contributed by atoms with E-state index in [0.29, 0.717) is 11.0 Å². The number of H-pyrrole nitrogens is 1. The Morgan fingerprint density at radius 3 is 2.62 bits per heavy atom. The summed E-state index contributed by atoms with van der Waals surface area (Å²) in [6.07, 6.45) is 3.62. The summed E-state index contributed by atoms with van der Waals surface area (Å²) in [5, 5.41) is 22.1. The summed E-state index contributed by atoms with van der Waals surface area (Å²) in [5.74, 6) is 0. The standard InChI is InChI=1S/C23H19N5O/c1-14-4-6-16(7-5-14)18(12-24)11-22-21(13-25-28(22)3)17-8-9-19-20(10-17)15(2)26-27-23(19)29/h4-11,13H,1-3H3,(H,27,29)/b18-11+. The van der Waals surface area contributed by atoms with Gasteiger partial charge in [-0.2, -0.15) is 15.5 Å². The van der Waals surface area contributed by atoms with Crippen LogP contribution in [0.15, 0.2) is 53.5 Å². The summed E-state index contributed by atoms with van der Waals surface area (Å²) in [6.45, 7) is 3.87. The maximum atomic E-state index is 12.0. The summed E-state index contributed by atoms with van der Waals surface area (Å²) in [4.78, 5) is 12.0. The van der Waals surface area contributed by atoms with Crippen molar-refractivity contribution in [2.75, 3.05) is 0 Å². The second kappa shape index (κ2) is 7.21. The Hall–Kier alpha value is -3.98. The lowest BCUT2D eigenvalue weighted by Gasteiger charge is -2.07. The van der Waals surface area contributed by atoms with Crippen molar-refractivity contribution in [2.45, 2.75) is 13.8 Å². The second-order valence-electron chi connectivity index (χ2n) is 7.00. The fraction of sp³-hybridized carbons (Fsp3) is 0.130. The van der Waals surface area contributed by atoms with Gasteiger partial charge >= 0.3 is 0 Å². The molecule has 0 saturated heterocycles. The van der Waals surface area contributed by atoms with Crippen LogP contribution in [0.5, 0.6) is 0 Å². The molecule has 0 radical (unpaired) electrons. The molecule has 6 heteroatoms. The van der Waals surface area contributed by atoms with Crippen LogP contribution in [0.1, 0.15) is 22.5 Å². The Bertz CT molecular complexity index is 1350. The van der Waals surface area contributed by atoms with Gasteiger partial charge in [-0.15, -0.1) is 0 Å². The number of hydrogen-bond donors (Lipinski definition) is 1. The van der Waals surface area contributed by atoms with Gasteiger partial charge in [-0.05, 0) is 43.2 Å². The Morgan fingerprint density at radius 1 is 1.14 bits per heavy atom. The van der Waals surface area contributed by atoms with Gasteiger partial charge in [0.1, 0.15) is 0 Å². The maximum absolute atomic E-state index is 12.0. The van der Waals surface area contributed by atoms with Gasteiger partial charge < -0.3 is 0 Å². The van der Waals surface area contributed by atoms with Crippen molar-refractivity contribution in [1.82, 2.24) is 20.0 Å². The molecule has 0 fully saturated rings. The number of hydrogen-bond acceptors (Lipinski definition) is 4. The molecule has 4 aromatic rings. The van der Waals surface area contributed by atoms with E-state index in [2.05, 4.69) is 21.4 Å². The SMILES string of the molecule is Cc1ccc(/C(C#N)=C/c2c(-c3ccc4c(=O)[nH]nc(C)c4c3)cnn2C)cc1. The predicted octanol–water partition coefficient (Wildman–Crippen LogP) is 4.00. The Labute approximate surface area is 167 Å². The van der Waals surface area contributed by atoms with Crippen LogP contribution < -0.4 is 5.56 Å². The van der Waals surface area contributed by atoms with E-state index < -0.39 is 0 Å². The van der Waals surface area contributed by atoms with Gasteiger partial charge in [0.15, 0.2) is 0 Å². The summed E-state index contributed by atoms with van der Waals surface area (Å²) >= 11 is 0. The number of aromatic amines is 1. The molecule has 0 unspecified atom stereocenters. The number of nitrogens with one attached hydrogen (secondary N) is 1. The summed E-state index contributed by atoms with van der Waals surface area (Å²) in [6, 6.07) is 15.8. The van der Waals surface area contributed by atoms with Crippen molar-refractivity contribution < 1.29 is 0 Å². The summed E-state index contributed by atoms with van der Waals surface area (Å²) in [5.41, 5.74) is 5.71.